The van der Waals surface area contributed by atoms with Gasteiger partial charge >= 0.3 is 17.9 Å². The first kappa shape index (κ1) is 41.0. The molecular formula is C36H53NO10. The minimum Gasteiger partial charge on any atom is -0.490 e. The van der Waals surface area contributed by atoms with Gasteiger partial charge in [-0.2, -0.15) is 0 Å². The van der Waals surface area contributed by atoms with E-state index in [0.29, 0.717) is 43.6 Å². The molecule has 0 heterocycles. The Balaban J connectivity index is 2.84. The van der Waals surface area contributed by atoms with Gasteiger partial charge in [0, 0.05) is 19.3 Å². The third-order valence-electron chi connectivity index (χ3n) is 7.77. The Labute approximate surface area is 278 Å². The van der Waals surface area contributed by atoms with Crippen LogP contribution in [0.2, 0.25) is 0 Å². The van der Waals surface area contributed by atoms with E-state index in [2.05, 4.69) is 12.2 Å². The number of aliphatic hydroxyl groups is 1. The van der Waals surface area contributed by atoms with Crippen LogP contribution in [0, 0.1) is 5.92 Å². The minimum absolute atomic E-state index is 0.155. The largest absolute Gasteiger partial charge is 0.490 e. The van der Waals surface area contributed by atoms with Crippen LogP contribution in [0.1, 0.15) is 110 Å². The number of rotatable bonds is 26. The summed E-state index contributed by atoms with van der Waals surface area (Å²) in [4.78, 5) is 60.9. The van der Waals surface area contributed by atoms with Gasteiger partial charge in [-0.1, -0.05) is 75.3 Å². The number of nitrogens with one attached hydrogen (secondary N) is 1. The van der Waals surface area contributed by atoms with Crippen molar-refractivity contribution >= 4 is 29.6 Å². The van der Waals surface area contributed by atoms with E-state index in [0.717, 1.165) is 56.6 Å². The quantitative estimate of drug-likeness (QED) is 0.0594. The van der Waals surface area contributed by atoms with Crippen LogP contribution in [0.4, 0.5) is 0 Å². The van der Waals surface area contributed by atoms with Gasteiger partial charge in [0.05, 0.1) is 12.3 Å². The molecule has 0 bridgehead atoms. The predicted molar refractivity (Wildman–Crippen MR) is 178 cm³/mol. The number of amides is 1. The molecule has 11 heteroatoms. The van der Waals surface area contributed by atoms with Crippen molar-refractivity contribution in [1.82, 2.24) is 5.32 Å². The molecule has 1 rings (SSSR count). The summed E-state index contributed by atoms with van der Waals surface area (Å²) in [7, 11) is 0. The molecule has 0 spiro atoms. The molecule has 11 nitrogen and oxygen atoms in total. The molecule has 0 aliphatic heterocycles. The number of carboxylic acids is 3. The van der Waals surface area contributed by atoms with E-state index in [9.17, 15) is 44.4 Å². The Bertz CT molecular complexity index is 1200. The smallest absolute Gasteiger partial charge is 0.337 e. The van der Waals surface area contributed by atoms with Crippen molar-refractivity contribution < 1.29 is 49.1 Å². The molecular weight excluding hydrogens is 606 g/mol. The second kappa shape index (κ2) is 22.5. The lowest BCUT2D eigenvalue weighted by atomic mass is 9.82. The number of carbonyl (C=O) groups is 5. The maximum absolute atomic E-state index is 13.3. The summed E-state index contributed by atoms with van der Waals surface area (Å²) in [5.41, 5.74) is -1.38. The summed E-state index contributed by atoms with van der Waals surface area (Å²) in [6, 6.07) is 5.10. The lowest BCUT2D eigenvalue weighted by molar-refractivity contribution is -0.172. The summed E-state index contributed by atoms with van der Waals surface area (Å²) < 4.78 is 5.60. The van der Waals surface area contributed by atoms with Gasteiger partial charge in [0.15, 0.2) is 5.60 Å². The number of hydrogen-bond donors (Lipinski definition) is 5. The summed E-state index contributed by atoms with van der Waals surface area (Å²) >= 11 is 0. The first-order chi connectivity index (χ1) is 22.3. The third kappa shape index (κ3) is 16.9. The number of ketones is 1. The second-order valence-corrected chi connectivity index (χ2v) is 12.2. The zero-order chi connectivity index (χ0) is 35.2. The lowest BCUT2D eigenvalue weighted by Gasteiger charge is -2.29. The van der Waals surface area contributed by atoms with Crippen molar-refractivity contribution in [2.24, 2.45) is 5.92 Å². The summed E-state index contributed by atoms with van der Waals surface area (Å²) in [5.74, 6) is -7.13. The maximum Gasteiger partial charge on any atom is 0.337 e. The molecule has 0 aliphatic rings. The third-order valence-corrected chi connectivity index (χ3v) is 7.77. The SMILES string of the molecule is CCCCCCCC(=O)CCCCCC/C=C/[C@@H](C(=O)N[C@@H](Cc1ccc(OCC=C(C)C)cc1)C(=O)O)[C@@](O)(CC(=O)O)C(=O)O. The van der Waals surface area contributed by atoms with Gasteiger partial charge < -0.3 is 30.5 Å². The van der Waals surface area contributed by atoms with Crippen LogP contribution in [-0.4, -0.2) is 68.3 Å². The van der Waals surface area contributed by atoms with Gasteiger partial charge in [-0.3, -0.25) is 14.4 Å². The number of benzene rings is 1. The minimum atomic E-state index is -3.02. The molecule has 47 heavy (non-hydrogen) atoms. The first-order valence-corrected chi connectivity index (χ1v) is 16.5. The second-order valence-electron chi connectivity index (χ2n) is 12.2. The molecule has 1 aromatic carbocycles. The topological polar surface area (TPSA) is 188 Å². The Morgan fingerprint density at radius 3 is 2.00 bits per heavy atom. The predicted octanol–water partition coefficient (Wildman–Crippen LogP) is 5.88. The molecule has 0 saturated carbocycles. The first-order valence-electron chi connectivity index (χ1n) is 16.5. The van der Waals surface area contributed by atoms with Crippen LogP contribution in [0.25, 0.3) is 0 Å². The molecule has 0 aliphatic carbocycles. The highest BCUT2D eigenvalue weighted by Gasteiger charge is 2.49. The molecule has 0 saturated heterocycles. The average molecular weight is 660 g/mol. The van der Waals surface area contributed by atoms with Crippen LogP contribution in [0.15, 0.2) is 48.1 Å². The standard InChI is InChI=1S/C36H53NO10/c1-4-5-6-9-12-15-28(38)16-13-10-7-8-11-14-17-30(36(46,35(44)45)25-32(39)40)33(41)37-31(34(42)43)24-27-18-20-29(21-19-27)47-23-22-26(2)3/h14,17-22,30-31,46H,4-13,15-16,23-25H2,1-3H3,(H,37,41)(H,39,40)(H,42,43)(H,44,45)/b17-14+/t30-,31-,36-/m0/s1. The molecule has 0 unspecified atom stereocenters. The fourth-order valence-corrected chi connectivity index (χ4v) is 4.96. The van der Waals surface area contributed by atoms with Crippen LogP contribution in [0.5, 0.6) is 5.75 Å². The highest BCUT2D eigenvalue weighted by Crippen LogP contribution is 2.26. The number of unbranched alkanes of at least 4 members (excludes halogenated alkanes) is 8. The molecule has 3 atom stereocenters. The normalized spacial score (nSPS) is 13.7. The fraction of sp³-hybridized carbons (Fsp3) is 0.583. The molecule has 1 aromatic rings. The van der Waals surface area contributed by atoms with Crippen LogP contribution in [-0.2, 0) is 30.4 Å². The molecule has 262 valence electrons. The number of ether oxygens (including phenoxy) is 1. The van der Waals surface area contributed by atoms with Crippen LogP contribution in [0.3, 0.4) is 0 Å². The van der Waals surface area contributed by atoms with E-state index in [1.54, 1.807) is 24.3 Å². The highest BCUT2D eigenvalue weighted by atomic mass is 16.5. The monoisotopic (exact) mass is 659 g/mol. The van der Waals surface area contributed by atoms with Crippen LogP contribution < -0.4 is 10.1 Å². The highest BCUT2D eigenvalue weighted by molar-refractivity contribution is 5.94. The summed E-state index contributed by atoms with van der Waals surface area (Å²) in [6.07, 6.45) is 13.2. The van der Waals surface area contributed by atoms with Gasteiger partial charge in [0.2, 0.25) is 5.91 Å². The fourth-order valence-electron chi connectivity index (χ4n) is 4.96. The van der Waals surface area contributed by atoms with Gasteiger partial charge in [-0.05, 0) is 63.3 Å². The van der Waals surface area contributed by atoms with Gasteiger partial charge in [-0.25, -0.2) is 9.59 Å². The number of carbonyl (C=O) groups excluding carboxylic acids is 2. The van der Waals surface area contributed by atoms with Crippen molar-refractivity contribution in [3.63, 3.8) is 0 Å². The lowest BCUT2D eigenvalue weighted by Crippen LogP contribution is -2.55. The number of Topliss-reactive ketones (excluding diaryl/α,β-unsaturated/α-hetero) is 1. The van der Waals surface area contributed by atoms with E-state index >= 15 is 0 Å². The van der Waals surface area contributed by atoms with Crippen molar-refractivity contribution in [3.8, 4) is 5.75 Å². The Kier molecular flexibility index (Phi) is 19.7. The van der Waals surface area contributed by atoms with E-state index in [-0.39, 0.29) is 12.2 Å². The van der Waals surface area contributed by atoms with E-state index in [1.165, 1.54) is 12.5 Å². The van der Waals surface area contributed by atoms with Crippen molar-refractivity contribution in [1.29, 1.82) is 0 Å². The Morgan fingerprint density at radius 1 is 0.872 bits per heavy atom. The van der Waals surface area contributed by atoms with E-state index in [1.807, 2.05) is 19.9 Å². The zero-order valence-corrected chi connectivity index (χ0v) is 28.0. The van der Waals surface area contributed by atoms with Crippen molar-refractivity contribution in [2.45, 2.75) is 122 Å². The van der Waals surface area contributed by atoms with E-state index in [4.69, 9.17) is 4.74 Å². The maximum atomic E-state index is 13.3. The van der Waals surface area contributed by atoms with Crippen molar-refractivity contribution in [2.75, 3.05) is 6.61 Å². The average Bonchev–Trinajstić information content (AvgIpc) is 2.99. The van der Waals surface area contributed by atoms with E-state index < -0.39 is 47.8 Å². The molecule has 1 amide bonds. The summed E-state index contributed by atoms with van der Waals surface area (Å²) in [6.45, 7) is 6.40. The van der Waals surface area contributed by atoms with Gasteiger partial charge in [-0.15, -0.1) is 0 Å². The summed E-state index contributed by atoms with van der Waals surface area (Å²) in [5, 5.41) is 42.1. The molecule has 0 fully saturated rings. The Morgan fingerprint density at radius 2 is 1.47 bits per heavy atom. The molecule has 5 N–H and O–H groups in total. The molecule has 0 aromatic heterocycles. The number of carboxylic acid groups (broad SMARTS) is 3. The Hall–Kier alpha value is -3.99. The number of hydrogen-bond acceptors (Lipinski definition) is 7. The zero-order valence-electron chi connectivity index (χ0n) is 28.0. The number of aliphatic carboxylic acids is 3. The van der Waals surface area contributed by atoms with Gasteiger partial charge in [0.25, 0.3) is 0 Å². The van der Waals surface area contributed by atoms with Crippen molar-refractivity contribution in [3.05, 3.63) is 53.6 Å². The van der Waals surface area contributed by atoms with Crippen LogP contribution >= 0.6 is 0 Å². The molecule has 0 radical (unpaired) electrons. The van der Waals surface area contributed by atoms with Gasteiger partial charge in [0.1, 0.15) is 24.2 Å². The number of allylic oxidation sites excluding steroid dienone is 2.